The van der Waals surface area contributed by atoms with Crippen LogP contribution in [0, 0.1) is 11.2 Å². The van der Waals surface area contributed by atoms with Crippen LogP contribution in [0.25, 0.3) is 0 Å². The standard InChI is InChI=1S/C30H34FN5O5/c1-30(2)9-11-35(12-10-30)27(37)19-40-23-7-8-26-25(15-23)34(3)28(38)24(18-41-26)33-29(39)36-17-21(16-32-36)13-20-5-4-6-22(31)14-20/h4-8,14-17,24H,9-13,18-19H2,1-3H3,(H,33,39)/t24-/m0/s1. The Kier molecular flexibility index (Phi) is 7.96. The molecule has 216 valence electrons. The van der Waals surface area contributed by atoms with E-state index < -0.39 is 12.1 Å². The Morgan fingerprint density at radius 2 is 1.93 bits per heavy atom. The Bertz CT molecular complexity index is 1440. The number of benzene rings is 2. The Hall–Kier alpha value is -4.41. The lowest BCUT2D eigenvalue weighted by Gasteiger charge is -2.36. The molecule has 0 saturated carbocycles. The molecule has 1 atom stereocenters. The van der Waals surface area contributed by atoms with Crippen LogP contribution in [-0.2, 0) is 16.0 Å². The van der Waals surface area contributed by atoms with Crippen molar-refractivity contribution in [2.24, 2.45) is 5.41 Å². The molecule has 3 heterocycles. The minimum atomic E-state index is -0.968. The van der Waals surface area contributed by atoms with Crippen LogP contribution in [0.15, 0.2) is 54.9 Å². The number of hydrogen-bond acceptors (Lipinski definition) is 6. The number of carbonyl (C=O) groups excluding carboxylic acids is 3. The molecule has 0 bridgehead atoms. The second-order valence-electron chi connectivity index (χ2n) is 11.3. The number of likely N-dealkylation sites (N-methyl/N-ethyl adjacent to an activating group) is 1. The van der Waals surface area contributed by atoms with Crippen LogP contribution in [0.2, 0.25) is 0 Å². The number of carbonyl (C=O) groups is 3. The SMILES string of the molecule is CN1C(=O)[C@@H](NC(=O)n2cc(Cc3cccc(F)c3)cn2)COc2ccc(OCC(=O)N3CCC(C)(C)CC3)cc21. The zero-order chi connectivity index (χ0) is 29.1. The van der Waals surface area contributed by atoms with Gasteiger partial charge in [0.2, 0.25) is 0 Å². The summed E-state index contributed by atoms with van der Waals surface area (Å²) < 4.78 is 26.2. The van der Waals surface area contributed by atoms with Gasteiger partial charge in [0.15, 0.2) is 6.61 Å². The molecular weight excluding hydrogens is 529 g/mol. The third kappa shape index (κ3) is 6.67. The number of fused-ring (bicyclic) bond motifs is 1. The normalized spacial score (nSPS) is 18.2. The van der Waals surface area contributed by atoms with E-state index in [-0.39, 0.29) is 36.3 Å². The number of nitrogens with one attached hydrogen (secondary N) is 1. The molecule has 0 radical (unpaired) electrons. The molecule has 0 aliphatic carbocycles. The maximum Gasteiger partial charge on any atom is 0.342 e. The predicted octanol–water partition coefficient (Wildman–Crippen LogP) is 3.62. The van der Waals surface area contributed by atoms with Crippen molar-refractivity contribution in [3.8, 4) is 11.5 Å². The van der Waals surface area contributed by atoms with Gasteiger partial charge < -0.3 is 24.6 Å². The minimum Gasteiger partial charge on any atom is -0.489 e. The molecule has 41 heavy (non-hydrogen) atoms. The van der Waals surface area contributed by atoms with E-state index in [1.54, 1.807) is 37.4 Å². The molecule has 0 unspecified atom stereocenters. The van der Waals surface area contributed by atoms with Gasteiger partial charge >= 0.3 is 6.03 Å². The molecule has 1 saturated heterocycles. The fraction of sp³-hybridized carbons (Fsp3) is 0.400. The lowest BCUT2D eigenvalue weighted by Crippen LogP contribution is -2.50. The molecule has 2 aliphatic rings. The number of ether oxygens (including phenoxy) is 2. The van der Waals surface area contributed by atoms with Crippen molar-refractivity contribution in [2.75, 3.05) is 38.3 Å². The molecule has 1 fully saturated rings. The monoisotopic (exact) mass is 563 g/mol. The van der Waals surface area contributed by atoms with Gasteiger partial charge in [0, 0.05) is 38.8 Å². The first-order chi connectivity index (χ1) is 19.6. The van der Waals surface area contributed by atoms with E-state index in [0.717, 1.165) is 23.1 Å². The predicted molar refractivity (Wildman–Crippen MR) is 150 cm³/mol. The second-order valence-corrected chi connectivity index (χ2v) is 11.3. The smallest absolute Gasteiger partial charge is 0.342 e. The number of aromatic nitrogens is 2. The molecule has 10 nitrogen and oxygen atoms in total. The Balaban J connectivity index is 1.18. The number of nitrogens with zero attached hydrogens (tertiary/aromatic N) is 4. The van der Waals surface area contributed by atoms with Crippen molar-refractivity contribution in [1.82, 2.24) is 20.0 Å². The molecule has 3 aromatic rings. The maximum absolute atomic E-state index is 13.5. The fourth-order valence-corrected chi connectivity index (χ4v) is 4.93. The number of amides is 3. The van der Waals surface area contributed by atoms with Crippen LogP contribution in [0.5, 0.6) is 11.5 Å². The van der Waals surface area contributed by atoms with Crippen molar-refractivity contribution in [2.45, 2.75) is 39.2 Å². The van der Waals surface area contributed by atoms with Gasteiger partial charge in [-0.1, -0.05) is 26.0 Å². The first-order valence-electron chi connectivity index (χ1n) is 13.6. The van der Waals surface area contributed by atoms with E-state index in [1.165, 1.54) is 29.4 Å². The van der Waals surface area contributed by atoms with Gasteiger partial charge in [-0.05, 0) is 53.6 Å². The highest BCUT2D eigenvalue weighted by Gasteiger charge is 2.32. The summed E-state index contributed by atoms with van der Waals surface area (Å²) >= 11 is 0. The summed E-state index contributed by atoms with van der Waals surface area (Å²) in [6, 6.07) is 9.66. The topological polar surface area (TPSA) is 106 Å². The van der Waals surface area contributed by atoms with Crippen LogP contribution in [-0.4, -0.2) is 71.9 Å². The molecule has 11 heteroatoms. The molecular formula is C30H34FN5O5. The third-order valence-electron chi connectivity index (χ3n) is 7.60. The molecule has 3 amide bonds. The van der Waals surface area contributed by atoms with E-state index in [2.05, 4.69) is 24.3 Å². The zero-order valence-electron chi connectivity index (χ0n) is 23.4. The van der Waals surface area contributed by atoms with Crippen LogP contribution < -0.4 is 19.7 Å². The highest BCUT2D eigenvalue weighted by Crippen LogP contribution is 2.34. The van der Waals surface area contributed by atoms with Gasteiger partial charge in [-0.25, -0.2) is 9.18 Å². The van der Waals surface area contributed by atoms with Crippen molar-refractivity contribution in [3.05, 3.63) is 71.8 Å². The lowest BCUT2D eigenvalue weighted by atomic mass is 9.83. The first-order valence-corrected chi connectivity index (χ1v) is 13.6. The Morgan fingerprint density at radius 1 is 1.15 bits per heavy atom. The van der Waals surface area contributed by atoms with Gasteiger partial charge in [-0.3, -0.25) is 9.59 Å². The van der Waals surface area contributed by atoms with Crippen molar-refractivity contribution >= 4 is 23.5 Å². The highest BCUT2D eigenvalue weighted by molar-refractivity contribution is 6.00. The maximum atomic E-state index is 13.5. The number of piperidine rings is 1. The molecule has 5 rings (SSSR count). The summed E-state index contributed by atoms with van der Waals surface area (Å²) in [5.74, 6) is 0.0945. The molecule has 2 aliphatic heterocycles. The zero-order valence-corrected chi connectivity index (χ0v) is 23.4. The average Bonchev–Trinajstić information content (AvgIpc) is 3.38. The summed E-state index contributed by atoms with van der Waals surface area (Å²) in [6.45, 7) is 5.67. The quantitative estimate of drug-likeness (QED) is 0.491. The summed E-state index contributed by atoms with van der Waals surface area (Å²) in [6.07, 6.45) is 5.37. The summed E-state index contributed by atoms with van der Waals surface area (Å²) in [5, 5.41) is 6.77. The minimum absolute atomic E-state index is 0.0726. The fourth-order valence-electron chi connectivity index (χ4n) is 4.93. The van der Waals surface area contributed by atoms with Crippen molar-refractivity contribution < 1.29 is 28.2 Å². The number of halogens is 1. The summed E-state index contributed by atoms with van der Waals surface area (Å²) in [5.41, 5.74) is 2.18. The Morgan fingerprint density at radius 3 is 2.68 bits per heavy atom. The second kappa shape index (κ2) is 11.6. The van der Waals surface area contributed by atoms with E-state index in [1.807, 2.05) is 4.90 Å². The van der Waals surface area contributed by atoms with Gasteiger partial charge in [-0.2, -0.15) is 9.78 Å². The molecule has 0 spiro atoms. The molecule has 1 N–H and O–H groups in total. The van der Waals surface area contributed by atoms with Crippen molar-refractivity contribution in [1.29, 1.82) is 0 Å². The number of rotatable bonds is 6. The van der Waals surface area contributed by atoms with E-state index >= 15 is 0 Å². The molecule has 1 aromatic heterocycles. The largest absolute Gasteiger partial charge is 0.489 e. The average molecular weight is 564 g/mol. The van der Waals surface area contributed by atoms with E-state index in [4.69, 9.17) is 9.47 Å². The van der Waals surface area contributed by atoms with Gasteiger partial charge in [0.05, 0.1) is 11.9 Å². The summed E-state index contributed by atoms with van der Waals surface area (Å²) in [7, 11) is 1.59. The third-order valence-corrected chi connectivity index (χ3v) is 7.60. The highest BCUT2D eigenvalue weighted by atomic mass is 19.1. The van der Waals surface area contributed by atoms with E-state index in [9.17, 15) is 18.8 Å². The van der Waals surface area contributed by atoms with Crippen LogP contribution in [0.4, 0.5) is 14.9 Å². The summed E-state index contributed by atoms with van der Waals surface area (Å²) in [4.78, 5) is 42.0. The van der Waals surface area contributed by atoms with E-state index in [0.29, 0.717) is 42.3 Å². The number of hydrogen-bond donors (Lipinski definition) is 1. The first kappa shape index (κ1) is 28.1. The number of likely N-dealkylation sites (tertiary alicyclic amines) is 1. The number of anilines is 1. The van der Waals surface area contributed by atoms with Crippen molar-refractivity contribution in [3.63, 3.8) is 0 Å². The van der Waals surface area contributed by atoms with Gasteiger partial charge in [0.25, 0.3) is 11.8 Å². The van der Waals surface area contributed by atoms with Gasteiger partial charge in [0.1, 0.15) is 30.0 Å². The van der Waals surface area contributed by atoms with Crippen LogP contribution in [0.3, 0.4) is 0 Å². The van der Waals surface area contributed by atoms with Crippen LogP contribution >= 0.6 is 0 Å². The van der Waals surface area contributed by atoms with Gasteiger partial charge in [-0.15, -0.1) is 0 Å². The molecule has 2 aromatic carbocycles. The van der Waals surface area contributed by atoms with Crippen LogP contribution in [0.1, 0.15) is 37.8 Å². The lowest BCUT2D eigenvalue weighted by molar-refractivity contribution is -0.135. The Labute approximate surface area is 238 Å².